The lowest BCUT2D eigenvalue weighted by molar-refractivity contribution is 0.106. The lowest BCUT2D eigenvalue weighted by Gasteiger charge is -2.05. The van der Waals surface area contributed by atoms with Gasteiger partial charge in [-0.25, -0.2) is 8.78 Å². The zero-order valence-corrected chi connectivity index (χ0v) is 7.44. The number of H-pyrrole nitrogens is 1. The van der Waals surface area contributed by atoms with E-state index in [1.807, 2.05) is 4.98 Å². The molecule has 0 aliphatic carbocycles. The Morgan fingerprint density at radius 2 is 2.14 bits per heavy atom. The normalized spacial score (nSPS) is 10.6. The molecule has 0 saturated heterocycles. The summed E-state index contributed by atoms with van der Waals surface area (Å²) < 4.78 is 24.6. The fourth-order valence-electron chi connectivity index (χ4n) is 0.967. The van der Waals surface area contributed by atoms with Crippen molar-refractivity contribution in [3.63, 3.8) is 0 Å². The quantitative estimate of drug-likeness (QED) is 0.740. The average Bonchev–Trinajstić information content (AvgIpc) is 2.01. The number of carbonyl (C=O) groups excluding carboxylic acids is 1. The zero-order chi connectivity index (χ0) is 10.9. The van der Waals surface area contributed by atoms with E-state index in [2.05, 4.69) is 0 Å². The van der Waals surface area contributed by atoms with Crippen LogP contribution in [0.15, 0.2) is 10.9 Å². The number of aromatic amines is 1. The fourth-order valence-corrected chi connectivity index (χ4v) is 1.16. The van der Waals surface area contributed by atoms with Gasteiger partial charge in [0.2, 0.25) is 0 Å². The highest BCUT2D eigenvalue weighted by molar-refractivity contribution is 6.67. The molecule has 0 spiro atoms. The lowest BCUT2D eigenvalue weighted by Crippen LogP contribution is -2.17. The summed E-state index contributed by atoms with van der Waals surface area (Å²) in [6, 6.07) is 0.821. The van der Waals surface area contributed by atoms with E-state index in [4.69, 9.17) is 17.3 Å². The van der Waals surface area contributed by atoms with E-state index in [1.165, 1.54) is 0 Å². The molecule has 7 heteroatoms. The van der Waals surface area contributed by atoms with E-state index >= 15 is 0 Å². The van der Waals surface area contributed by atoms with Crippen LogP contribution >= 0.6 is 11.6 Å². The molecule has 1 aromatic rings. The van der Waals surface area contributed by atoms with Crippen molar-refractivity contribution in [2.45, 2.75) is 6.43 Å². The van der Waals surface area contributed by atoms with Crippen molar-refractivity contribution in [2.75, 3.05) is 5.73 Å². The largest absolute Gasteiger partial charge is 0.385 e. The molecule has 1 heterocycles. The second-order valence-electron chi connectivity index (χ2n) is 2.45. The van der Waals surface area contributed by atoms with Crippen molar-refractivity contribution in [3.8, 4) is 0 Å². The third-order valence-electron chi connectivity index (χ3n) is 1.50. The van der Waals surface area contributed by atoms with Crippen molar-refractivity contribution >= 4 is 22.7 Å². The molecular formula is C7H5ClF2N2O2. The Labute approximate surface area is 81.7 Å². The summed E-state index contributed by atoms with van der Waals surface area (Å²) in [4.78, 5) is 23.8. The van der Waals surface area contributed by atoms with Crippen molar-refractivity contribution in [2.24, 2.45) is 0 Å². The van der Waals surface area contributed by atoms with Gasteiger partial charge in [0.15, 0.2) is 5.43 Å². The molecule has 0 unspecified atom stereocenters. The number of carbonyl (C=O) groups is 1. The summed E-state index contributed by atoms with van der Waals surface area (Å²) in [5, 5.41) is -1.23. The number of anilines is 1. The van der Waals surface area contributed by atoms with Crippen LogP contribution in [0, 0.1) is 0 Å². The van der Waals surface area contributed by atoms with Gasteiger partial charge in [0.1, 0.15) is 11.4 Å². The molecular weight excluding hydrogens is 218 g/mol. The zero-order valence-electron chi connectivity index (χ0n) is 6.68. The van der Waals surface area contributed by atoms with Crippen molar-refractivity contribution in [1.82, 2.24) is 4.98 Å². The maximum Gasteiger partial charge on any atom is 0.279 e. The second-order valence-corrected chi connectivity index (χ2v) is 2.80. The Kier molecular flexibility index (Phi) is 2.85. The molecule has 0 atom stereocenters. The summed E-state index contributed by atoms with van der Waals surface area (Å²) in [6.07, 6.45) is -3.01. The standard InChI is InChI=1S/C7H5ClF2N2O2/c8-6(14)4-2(13)1-3(11)12-5(4)7(9)10/h1,7H,(H3,11,12,13). The SMILES string of the molecule is Nc1cc(=O)c(C(=O)Cl)c(C(F)F)[nH]1. The first kappa shape index (κ1) is 10.6. The van der Waals surface area contributed by atoms with Crippen molar-refractivity contribution in [1.29, 1.82) is 0 Å². The maximum atomic E-state index is 12.3. The van der Waals surface area contributed by atoms with E-state index < -0.39 is 28.4 Å². The van der Waals surface area contributed by atoms with Crippen LogP contribution in [0.1, 0.15) is 22.5 Å². The molecule has 14 heavy (non-hydrogen) atoms. The van der Waals surface area contributed by atoms with Gasteiger partial charge < -0.3 is 10.7 Å². The minimum absolute atomic E-state index is 0.244. The maximum absolute atomic E-state index is 12.3. The summed E-state index contributed by atoms with van der Waals surface area (Å²) in [7, 11) is 0. The van der Waals surface area contributed by atoms with Crippen LogP contribution in [-0.4, -0.2) is 10.2 Å². The first-order chi connectivity index (χ1) is 6.43. The van der Waals surface area contributed by atoms with Crippen LogP contribution in [0.2, 0.25) is 0 Å². The van der Waals surface area contributed by atoms with Crippen LogP contribution in [0.3, 0.4) is 0 Å². The van der Waals surface area contributed by atoms with Gasteiger partial charge in [-0.1, -0.05) is 0 Å². The molecule has 0 aliphatic heterocycles. The van der Waals surface area contributed by atoms with E-state index in [0.29, 0.717) is 0 Å². The predicted molar refractivity (Wildman–Crippen MR) is 46.6 cm³/mol. The molecule has 0 aliphatic rings. The number of nitrogen functional groups attached to an aromatic ring is 1. The third-order valence-corrected chi connectivity index (χ3v) is 1.69. The van der Waals surface area contributed by atoms with Crippen LogP contribution in [-0.2, 0) is 0 Å². The van der Waals surface area contributed by atoms with Crippen molar-refractivity contribution < 1.29 is 13.6 Å². The number of pyridine rings is 1. The smallest absolute Gasteiger partial charge is 0.279 e. The molecule has 0 radical (unpaired) electrons. The van der Waals surface area contributed by atoms with Crippen LogP contribution in [0.4, 0.5) is 14.6 Å². The Bertz CT molecular complexity index is 430. The topological polar surface area (TPSA) is 76.0 Å². The van der Waals surface area contributed by atoms with Gasteiger partial charge in [-0.05, 0) is 11.6 Å². The monoisotopic (exact) mass is 222 g/mol. The van der Waals surface area contributed by atoms with E-state index in [9.17, 15) is 18.4 Å². The molecule has 0 fully saturated rings. The first-order valence-electron chi connectivity index (χ1n) is 3.44. The van der Waals surface area contributed by atoms with Crippen molar-refractivity contribution in [3.05, 3.63) is 27.5 Å². The van der Waals surface area contributed by atoms with Gasteiger partial charge in [-0.15, -0.1) is 0 Å². The number of alkyl halides is 2. The highest BCUT2D eigenvalue weighted by atomic mass is 35.5. The highest BCUT2D eigenvalue weighted by Crippen LogP contribution is 2.20. The third kappa shape index (κ3) is 1.90. The van der Waals surface area contributed by atoms with Gasteiger partial charge in [0, 0.05) is 6.07 Å². The summed E-state index contributed by atoms with van der Waals surface area (Å²) in [5.41, 5.74) is 2.58. The molecule has 76 valence electrons. The number of rotatable bonds is 2. The number of nitrogens with one attached hydrogen (secondary N) is 1. The number of halogens is 3. The van der Waals surface area contributed by atoms with Gasteiger partial charge in [-0.3, -0.25) is 9.59 Å². The van der Waals surface area contributed by atoms with Crippen LogP contribution in [0.5, 0.6) is 0 Å². The van der Waals surface area contributed by atoms with Gasteiger partial charge in [0.05, 0.1) is 5.69 Å². The minimum Gasteiger partial charge on any atom is -0.385 e. The Balaban J connectivity index is 3.53. The Morgan fingerprint density at radius 1 is 1.57 bits per heavy atom. The van der Waals surface area contributed by atoms with E-state index in [1.54, 1.807) is 0 Å². The predicted octanol–water partition coefficient (Wildman–Crippen LogP) is 1.27. The fraction of sp³-hybridized carbons (Fsp3) is 0.143. The number of aromatic nitrogens is 1. The van der Waals surface area contributed by atoms with E-state index in [0.717, 1.165) is 6.07 Å². The van der Waals surface area contributed by atoms with Gasteiger partial charge in [-0.2, -0.15) is 0 Å². The van der Waals surface area contributed by atoms with Gasteiger partial charge >= 0.3 is 0 Å². The molecule has 1 aromatic heterocycles. The summed E-state index contributed by atoms with van der Waals surface area (Å²) in [6.45, 7) is 0. The molecule has 0 saturated carbocycles. The summed E-state index contributed by atoms with van der Waals surface area (Å²) >= 11 is 4.98. The van der Waals surface area contributed by atoms with Gasteiger partial charge in [0.25, 0.3) is 11.7 Å². The molecule has 0 bridgehead atoms. The minimum atomic E-state index is -3.01. The Morgan fingerprint density at radius 3 is 2.57 bits per heavy atom. The molecule has 1 rings (SSSR count). The summed E-state index contributed by atoms with van der Waals surface area (Å²) in [5.74, 6) is -0.244. The lowest BCUT2D eigenvalue weighted by atomic mass is 10.2. The molecule has 4 nitrogen and oxygen atoms in total. The molecule has 0 aromatic carbocycles. The number of nitrogens with two attached hydrogens (primary N) is 1. The first-order valence-corrected chi connectivity index (χ1v) is 3.82. The van der Waals surface area contributed by atoms with Crippen LogP contribution < -0.4 is 11.2 Å². The van der Waals surface area contributed by atoms with Crippen LogP contribution in [0.25, 0.3) is 0 Å². The average molecular weight is 223 g/mol. The Hall–Kier alpha value is -1.43. The molecule has 0 amide bonds. The number of hydrogen-bond donors (Lipinski definition) is 2. The highest BCUT2D eigenvalue weighted by Gasteiger charge is 2.21. The number of hydrogen-bond acceptors (Lipinski definition) is 3. The molecule has 3 N–H and O–H groups in total. The second kappa shape index (κ2) is 3.75. The van der Waals surface area contributed by atoms with E-state index in [-0.39, 0.29) is 5.82 Å².